The molecule has 2 aromatic carbocycles. The first-order valence-electron chi connectivity index (χ1n) is 6.26. The molecule has 3 rings (SSSR count). The summed E-state index contributed by atoms with van der Waals surface area (Å²) >= 11 is 0. The average Bonchev–Trinajstić information content (AvgIpc) is 2.52. The number of ether oxygens (including phenoxy) is 3. The number of fused-ring (bicyclic) bond motifs is 3. The molecule has 3 aromatic rings. The molecule has 0 atom stereocenters. The molecule has 0 spiro atoms. The number of hydrogen-bond acceptors (Lipinski definition) is 4. The van der Waals surface area contributed by atoms with Crippen molar-refractivity contribution in [2.24, 2.45) is 0 Å². The maximum absolute atomic E-state index is 5.56. The van der Waals surface area contributed by atoms with Crippen LogP contribution in [-0.4, -0.2) is 26.3 Å². The van der Waals surface area contributed by atoms with E-state index in [2.05, 4.69) is 4.98 Å². The van der Waals surface area contributed by atoms with Crippen LogP contribution in [0.3, 0.4) is 0 Å². The zero-order valence-corrected chi connectivity index (χ0v) is 11.6. The summed E-state index contributed by atoms with van der Waals surface area (Å²) < 4.78 is 16.3. The molecule has 1 aromatic heterocycles. The standard InChI is InChI=1S/C16H15NO3/c1-18-13-8-12-14(16(20-3)15(13)19-2)11-7-5-4-6-10(11)9-17-12/h4-9H,1-3H3. The maximum Gasteiger partial charge on any atom is 0.204 e. The molecule has 0 aliphatic rings. The van der Waals surface area contributed by atoms with E-state index in [1.165, 1.54) is 0 Å². The summed E-state index contributed by atoms with van der Waals surface area (Å²) in [6.07, 6.45) is 1.85. The molecule has 0 saturated heterocycles. The monoisotopic (exact) mass is 269 g/mol. The topological polar surface area (TPSA) is 40.6 Å². The molecule has 0 bridgehead atoms. The predicted molar refractivity (Wildman–Crippen MR) is 78.9 cm³/mol. The zero-order chi connectivity index (χ0) is 14.1. The first-order valence-corrected chi connectivity index (χ1v) is 6.26. The Kier molecular flexibility index (Phi) is 3.06. The van der Waals surface area contributed by atoms with Crippen LogP contribution in [0.25, 0.3) is 21.7 Å². The largest absolute Gasteiger partial charge is 0.493 e. The van der Waals surface area contributed by atoms with Crippen LogP contribution in [0.5, 0.6) is 17.2 Å². The molecule has 102 valence electrons. The minimum atomic E-state index is 0.584. The molecule has 0 amide bonds. The van der Waals surface area contributed by atoms with E-state index in [9.17, 15) is 0 Å². The van der Waals surface area contributed by atoms with Gasteiger partial charge in [-0.25, -0.2) is 0 Å². The van der Waals surface area contributed by atoms with Crippen LogP contribution >= 0.6 is 0 Å². The summed E-state index contributed by atoms with van der Waals surface area (Å²) in [6, 6.07) is 9.93. The van der Waals surface area contributed by atoms with Gasteiger partial charge >= 0.3 is 0 Å². The van der Waals surface area contributed by atoms with Gasteiger partial charge in [0.15, 0.2) is 11.5 Å². The van der Waals surface area contributed by atoms with Gasteiger partial charge < -0.3 is 14.2 Å². The van der Waals surface area contributed by atoms with E-state index in [-0.39, 0.29) is 0 Å². The molecule has 4 nitrogen and oxygen atoms in total. The van der Waals surface area contributed by atoms with E-state index in [0.29, 0.717) is 17.2 Å². The Bertz CT molecular complexity index is 783. The van der Waals surface area contributed by atoms with Crippen molar-refractivity contribution in [1.29, 1.82) is 0 Å². The number of hydrogen-bond donors (Lipinski definition) is 0. The minimum absolute atomic E-state index is 0.584. The van der Waals surface area contributed by atoms with Gasteiger partial charge in [-0.2, -0.15) is 0 Å². The summed E-state index contributed by atoms with van der Waals surface area (Å²) in [5, 5.41) is 3.07. The van der Waals surface area contributed by atoms with Crippen LogP contribution in [0.15, 0.2) is 36.5 Å². The summed E-state index contributed by atoms with van der Waals surface area (Å²) in [5.74, 6) is 1.84. The second-order valence-electron chi connectivity index (χ2n) is 4.38. The van der Waals surface area contributed by atoms with E-state index in [0.717, 1.165) is 21.7 Å². The quantitative estimate of drug-likeness (QED) is 0.683. The molecule has 20 heavy (non-hydrogen) atoms. The second kappa shape index (κ2) is 4.89. The fourth-order valence-electron chi connectivity index (χ4n) is 2.48. The lowest BCUT2D eigenvalue weighted by Gasteiger charge is -2.15. The molecular formula is C16H15NO3. The zero-order valence-electron chi connectivity index (χ0n) is 11.6. The molecule has 0 fully saturated rings. The normalized spacial score (nSPS) is 10.8. The summed E-state index contributed by atoms with van der Waals surface area (Å²) in [4.78, 5) is 4.49. The van der Waals surface area contributed by atoms with E-state index in [1.54, 1.807) is 21.3 Å². The van der Waals surface area contributed by atoms with Gasteiger partial charge in [-0.05, 0) is 5.39 Å². The molecule has 0 N–H and O–H groups in total. The highest BCUT2D eigenvalue weighted by atomic mass is 16.5. The molecule has 0 radical (unpaired) electrons. The highest BCUT2D eigenvalue weighted by Crippen LogP contribution is 2.44. The molecule has 0 unspecified atom stereocenters. The number of aromatic nitrogens is 1. The van der Waals surface area contributed by atoms with E-state index < -0.39 is 0 Å². The molecule has 4 heteroatoms. The summed E-state index contributed by atoms with van der Waals surface area (Å²) in [5.41, 5.74) is 0.818. The van der Waals surface area contributed by atoms with Gasteiger partial charge in [-0.1, -0.05) is 24.3 Å². The van der Waals surface area contributed by atoms with Crippen LogP contribution in [0.4, 0.5) is 0 Å². The van der Waals surface area contributed by atoms with Crippen molar-refractivity contribution in [2.75, 3.05) is 21.3 Å². The Balaban J connectivity index is 2.53. The van der Waals surface area contributed by atoms with Crippen LogP contribution in [0.1, 0.15) is 0 Å². The van der Waals surface area contributed by atoms with Crippen molar-refractivity contribution in [3.05, 3.63) is 36.5 Å². The number of methoxy groups -OCH3 is 3. The maximum atomic E-state index is 5.56. The van der Waals surface area contributed by atoms with Crippen molar-refractivity contribution in [1.82, 2.24) is 4.98 Å². The van der Waals surface area contributed by atoms with Crippen molar-refractivity contribution < 1.29 is 14.2 Å². The molecule has 1 heterocycles. The third-order valence-corrected chi connectivity index (χ3v) is 3.38. The SMILES string of the molecule is COc1cc2ncc3ccccc3c2c(OC)c1OC. The smallest absolute Gasteiger partial charge is 0.204 e. The van der Waals surface area contributed by atoms with Crippen molar-refractivity contribution in [2.45, 2.75) is 0 Å². The number of nitrogens with zero attached hydrogens (tertiary/aromatic N) is 1. The van der Waals surface area contributed by atoms with Gasteiger partial charge in [0.2, 0.25) is 5.75 Å². The van der Waals surface area contributed by atoms with Crippen LogP contribution in [0, 0.1) is 0 Å². The fraction of sp³-hybridized carbons (Fsp3) is 0.188. The van der Waals surface area contributed by atoms with E-state index in [4.69, 9.17) is 14.2 Å². The number of pyridine rings is 1. The highest BCUT2D eigenvalue weighted by molar-refractivity contribution is 6.10. The number of benzene rings is 2. The predicted octanol–water partition coefficient (Wildman–Crippen LogP) is 3.41. The lowest BCUT2D eigenvalue weighted by molar-refractivity contribution is 0.327. The van der Waals surface area contributed by atoms with Crippen LogP contribution in [-0.2, 0) is 0 Å². The fourth-order valence-corrected chi connectivity index (χ4v) is 2.48. The van der Waals surface area contributed by atoms with Gasteiger partial charge in [-0.3, -0.25) is 4.98 Å². The van der Waals surface area contributed by atoms with E-state index >= 15 is 0 Å². The molecule has 0 aliphatic carbocycles. The summed E-state index contributed by atoms with van der Waals surface area (Å²) in [6.45, 7) is 0. The van der Waals surface area contributed by atoms with Crippen LogP contribution < -0.4 is 14.2 Å². The Morgan fingerprint density at radius 1 is 0.900 bits per heavy atom. The van der Waals surface area contributed by atoms with Gasteiger partial charge in [0, 0.05) is 17.6 Å². The Hall–Kier alpha value is -2.49. The number of rotatable bonds is 3. The van der Waals surface area contributed by atoms with Crippen molar-refractivity contribution >= 4 is 21.7 Å². The van der Waals surface area contributed by atoms with Gasteiger partial charge in [0.1, 0.15) is 0 Å². The molecule has 0 saturated carbocycles. The van der Waals surface area contributed by atoms with Gasteiger partial charge in [-0.15, -0.1) is 0 Å². The second-order valence-corrected chi connectivity index (χ2v) is 4.38. The minimum Gasteiger partial charge on any atom is -0.493 e. The van der Waals surface area contributed by atoms with Crippen molar-refractivity contribution in [3.8, 4) is 17.2 Å². The highest BCUT2D eigenvalue weighted by Gasteiger charge is 2.18. The third-order valence-electron chi connectivity index (χ3n) is 3.38. The van der Waals surface area contributed by atoms with Gasteiger partial charge in [0.25, 0.3) is 0 Å². The Labute approximate surface area is 116 Å². The van der Waals surface area contributed by atoms with Gasteiger partial charge in [0.05, 0.1) is 32.2 Å². The third kappa shape index (κ3) is 1.72. The Morgan fingerprint density at radius 3 is 2.35 bits per heavy atom. The summed E-state index contributed by atoms with van der Waals surface area (Å²) in [7, 11) is 4.83. The van der Waals surface area contributed by atoms with Crippen molar-refractivity contribution in [3.63, 3.8) is 0 Å². The average molecular weight is 269 g/mol. The van der Waals surface area contributed by atoms with E-state index in [1.807, 2.05) is 36.5 Å². The molecular weight excluding hydrogens is 254 g/mol. The van der Waals surface area contributed by atoms with Crippen LogP contribution in [0.2, 0.25) is 0 Å². The molecule has 0 aliphatic heterocycles. The lowest BCUT2D eigenvalue weighted by atomic mass is 10.0. The lowest BCUT2D eigenvalue weighted by Crippen LogP contribution is -1.97. The first-order chi connectivity index (χ1) is 9.80. The Morgan fingerprint density at radius 2 is 1.65 bits per heavy atom. The first kappa shape index (κ1) is 12.5.